The number of nitrogens with zero attached hydrogens (tertiary/aromatic N) is 4. The molecular weight excluding hydrogens is 384 g/mol. The number of imidazole rings is 1. The Balaban J connectivity index is 1.41. The number of nitrogens with one attached hydrogen (secondary N) is 2. The van der Waals surface area contributed by atoms with Crippen molar-refractivity contribution in [3.05, 3.63) is 54.2 Å². The molecule has 2 aromatic heterocycles. The lowest BCUT2D eigenvalue weighted by Gasteiger charge is -2.16. The van der Waals surface area contributed by atoms with Gasteiger partial charge in [0.05, 0.1) is 18.3 Å². The van der Waals surface area contributed by atoms with Crippen molar-refractivity contribution in [1.82, 2.24) is 24.8 Å². The molecule has 0 aliphatic carbocycles. The molecule has 1 unspecified atom stereocenters. The Morgan fingerprint density at radius 1 is 1.17 bits per heavy atom. The van der Waals surface area contributed by atoms with Crippen LogP contribution in [-0.4, -0.2) is 38.8 Å². The number of aromatic nitrogens is 4. The molecule has 1 aliphatic rings. The molecule has 4 rings (SSSR count). The quantitative estimate of drug-likeness (QED) is 0.620. The molecule has 30 heavy (non-hydrogen) atoms. The fourth-order valence-electron chi connectivity index (χ4n) is 3.06. The summed E-state index contributed by atoms with van der Waals surface area (Å²) < 4.78 is 12.5. The summed E-state index contributed by atoms with van der Waals surface area (Å²) in [6, 6.07) is 7.34. The van der Waals surface area contributed by atoms with Gasteiger partial charge in [-0.05, 0) is 30.5 Å². The van der Waals surface area contributed by atoms with Crippen molar-refractivity contribution >= 4 is 11.7 Å². The van der Waals surface area contributed by atoms with E-state index in [9.17, 15) is 4.79 Å². The maximum Gasteiger partial charge on any atom is 0.239 e. The summed E-state index contributed by atoms with van der Waals surface area (Å²) in [6.45, 7) is 6.36. The van der Waals surface area contributed by atoms with Crippen molar-refractivity contribution in [3.63, 3.8) is 0 Å². The molecule has 0 saturated heterocycles. The molecule has 1 aliphatic heterocycles. The second kappa shape index (κ2) is 8.40. The Morgan fingerprint density at radius 3 is 2.77 bits per heavy atom. The number of hydrogen-bond acceptors (Lipinski definition) is 7. The number of rotatable bonds is 7. The van der Waals surface area contributed by atoms with Gasteiger partial charge in [-0.2, -0.15) is 4.98 Å². The number of anilines is 1. The van der Waals surface area contributed by atoms with Gasteiger partial charge in [-0.3, -0.25) is 9.36 Å². The van der Waals surface area contributed by atoms with Gasteiger partial charge in [-0.15, -0.1) is 0 Å². The number of carbonyl (C=O) groups is 1. The third-order valence-corrected chi connectivity index (χ3v) is 4.77. The lowest BCUT2D eigenvalue weighted by molar-refractivity contribution is -0.120. The average Bonchev–Trinajstić information content (AvgIpc) is 3.43. The molecule has 0 fully saturated rings. The van der Waals surface area contributed by atoms with Crippen LogP contribution in [0.1, 0.15) is 44.0 Å². The Bertz CT molecular complexity index is 1040. The Morgan fingerprint density at radius 2 is 2.00 bits per heavy atom. The summed E-state index contributed by atoms with van der Waals surface area (Å²) in [5.74, 6) is 2.58. The fourth-order valence-corrected chi connectivity index (χ4v) is 3.06. The molecule has 0 saturated carbocycles. The van der Waals surface area contributed by atoms with Crippen LogP contribution in [0, 0.1) is 0 Å². The SMILES string of the molecule is CC(C)c1cc(NCC(=O)NC(C)c2ccc3c(c2)OCO3)nc(-n2ccnc2)n1. The van der Waals surface area contributed by atoms with Crippen molar-refractivity contribution in [2.24, 2.45) is 0 Å². The largest absolute Gasteiger partial charge is 0.454 e. The maximum absolute atomic E-state index is 12.5. The monoisotopic (exact) mass is 408 g/mol. The number of hydrogen-bond donors (Lipinski definition) is 2. The molecule has 1 atom stereocenters. The lowest BCUT2D eigenvalue weighted by Crippen LogP contribution is -2.32. The van der Waals surface area contributed by atoms with Gasteiger partial charge in [0, 0.05) is 18.5 Å². The van der Waals surface area contributed by atoms with E-state index in [0.717, 1.165) is 17.0 Å². The normalized spacial score (nSPS) is 13.3. The van der Waals surface area contributed by atoms with E-state index < -0.39 is 0 Å². The van der Waals surface area contributed by atoms with Gasteiger partial charge in [0.1, 0.15) is 12.1 Å². The highest BCUT2D eigenvalue weighted by Gasteiger charge is 2.17. The molecule has 3 heterocycles. The molecule has 2 N–H and O–H groups in total. The molecular formula is C21H24N6O3. The zero-order valence-corrected chi connectivity index (χ0v) is 17.1. The smallest absolute Gasteiger partial charge is 0.239 e. The molecule has 1 aromatic carbocycles. The maximum atomic E-state index is 12.5. The van der Waals surface area contributed by atoms with E-state index in [4.69, 9.17) is 9.47 Å². The first-order valence-electron chi connectivity index (χ1n) is 9.79. The lowest BCUT2D eigenvalue weighted by atomic mass is 10.1. The first kappa shape index (κ1) is 19.7. The van der Waals surface area contributed by atoms with Crippen LogP contribution in [-0.2, 0) is 4.79 Å². The minimum atomic E-state index is -0.174. The topological polar surface area (TPSA) is 103 Å². The van der Waals surface area contributed by atoms with Crippen LogP contribution in [0.4, 0.5) is 5.82 Å². The molecule has 156 valence electrons. The van der Waals surface area contributed by atoms with Gasteiger partial charge in [0.25, 0.3) is 0 Å². The highest BCUT2D eigenvalue weighted by Crippen LogP contribution is 2.34. The van der Waals surface area contributed by atoms with E-state index in [2.05, 4.69) is 39.4 Å². The number of amides is 1. The minimum Gasteiger partial charge on any atom is -0.454 e. The molecule has 9 heteroatoms. The molecule has 9 nitrogen and oxygen atoms in total. The van der Waals surface area contributed by atoms with E-state index >= 15 is 0 Å². The van der Waals surface area contributed by atoms with Crippen molar-refractivity contribution in [1.29, 1.82) is 0 Å². The number of carbonyl (C=O) groups excluding carboxylic acids is 1. The molecule has 1 amide bonds. The summed E-state index contributed by atoms with van der Waals surface area (Å²) >= 11 is 0. The third kappa shape index (κ3) is 4.35. The highest BCUT2D eigenvalue weighted by molar-refractivity contribution is 5.80. The number of benzene rings is 1. The van der Waals surface area contributed by atoms with Crippen molar-refractivity contribution in [2.45, 2.75) is 32.7 Å². The molecule has 0 radical (unpaired) electrons. The predicted molar refractivity (Wildman–Crippen MR) is 111 cm³/mol. The van der Waals surface area contributed by atoms with Crippen molar-refractivity contribution in [3.8, 4) is 17.4 Å². The Kier molecular flexibility index (Phi) is 5.51. The molecule has 0 bridgehead atoms. The Labute approximate surface area is 174 Å². The minimum absolute atomic E-state index is 0.0901. The van der Waals surface area contributed by atoms with Gasteiger partial charge in [-0.25, -0.2) is 9.97 Å². The first-order valence-corrected chi connectivity index (χ1v) is 9.79. The summed E-state index contributed by atoms with van der Waals surface area (Å²) in [5, 5.41) is 6.08. The van der Waals surface area contributed by atoms with E-state index in [1.807, 2.05) is 31.2 Å². The summed E-state index contributed by atoms with van der Waals surface area (Å²) in [7, 11) is 0. The molecule has 0 spiro atoms. The average molecular weight is 408 g/mol. The second-order valence-corrected chi connectivity index (χ2v) is 7.36. The zero-order valence-electron chi connectivity index (χ0n) is 17.1. The van der Waals surface area contributed by atoms with Crippen LogP contribution in [0.5, 0.6) is 11.5 Å². The zero-order chi connectivity index (χ0) is 21.1. The van der Waals surface area contributed by atoms with Crippen LogP contribution >= 0.6 is 0 Å². The van der Waals surface area contributed by atoms with Crippen molar-refractivity contribution in [2.75, 3.05) is 18.7 Å². The van der Waals surface area contributed by atoms with Crippen LogP contribution in [0.3, 0.4) is 0 Å². The van der Waals surface area contributed by atoms with E-state index in [-0.39, 0.29) is 31.2 Å². The third-order valence-electron chi connectivity index (χ3n) is 4.77. The Hall–Kier alpha value is -3.62. The molecule has 3 aromatic rings. The van der Waals surface area contributed by atoms with E-state index in [0.29, 0.717) is 17.5 Å². The predicted octanol–water partition coefficient (Wildman–Crippen LogP) is 2.80. The van der Waals surface area contributed by atoms with Crippen LogP contribution < -0.4 is 20.1 Å². The highest BCUT2D eigenvalue weighted by atomic mass is 16.7. The van der Waals surface area contributed by atoms with Crippen molar-refractivity contribution < 1.29 is 14.3 Å². The van der Waals surface area contributed by atoms with Gasteiger partial charge >= 0.3 is 0 Å². The van der Waals surface area contributed by atoms with E-state index in [1.54, 1.807) is 23.3 Å². The van der Waals surface area contributed by atoms with Crippen LogP contribution in [0.2, 0.25) is 0 Å². The van der Waals surface area contributed by atoms with E-state index in [1.165, 1.54) is 0 Å². The number of ether oxygens (including phenoxy) is 2. The summed E-state index contributed by atoms with van der Waals surface area (Å²) in [5.41, 5.74) is 1.82. The first-order chi connectivity index (χ1) is 14.5. The summed E-state index contributed by atoms with van der Waals surface area (Å²) in [6.07, 6.45) is 5.09. The number of fused-ring (bicyclic) bond motifs is 1. The fraction of sp³-hybridized carbons (Fsp3) is 0.333. The second-order valence-electron chi connectivity index (χ2n) is 7.36. The van der Waals surface area contributed by atoms with Crippen LogP contribution in [0.15, 0.2) is 43.0 Å². The van der Waals surface area contributed by atoms with Gasteiger partial charge in [0.2, 0.25) is 18.6 Å². The van der Waals surface area contributed by atoms with Gasteiger partial charge < -0.3 is 20.1 Å². The van der Waals surface area contributed by atoms with Gasteiger partial charge in [0.15, 0.2) is 11.5 Å². The van der Waals surface area contributed by atoms with Gasteiger partial charge in [-0.1, -0.05) is 19.9 Å². The summed E-state index contributed by atoms with van der Waals surface area (Å²) in [4.78, 5) is 25.6. The van der Waals surface area contributed by atoms with Crippen LogP contribution in [0.25, 0.3) is 5.95 Å². The standard InChI is InChI=1S/C21H24N6O3/c1-13(2)16-9-19(26-21(25-16)27-7-6-22-11-27)23-10-20(28)24-14(3)15-4-5-17-18(8-15)30-12-29-17/h4-9,11,13-14H,10,12H2,1-3H3,(H,24,28)(H,23,25,26).